The largest absolute Gasteiger partial charge is 0.454 e. The van der Waals surface area contributed by atoms with Crippen molar-refractivity contribution in [1.29, 1.82) is 0 Å². The summed E-state index contributed by atoms with van der Waals surface area (Å²) in [6.45, 7) is 4.93. The molecule has 1 amide bonds. The lowest BCUT2D eigenvalue weighted by Crippen LogP contribution is -2.46. The number of carbonyl (C=O) groups is 2. The molecule has 0 aliphatic carbocycles. The van der Waals surface area contributed by atoms with Crippen molar-refractivity contribution in [2.45, 2.75) is 63.1 Å². The Balaban J connectivity index is 1.49. The Labute approximate surface area is 200 Å². The van der Waals surface area contributed by atoms with Gasteiger partial charge >= 0.3 is 5.97 Å². The highest BCUT2D eigenvalue weighted by atomic mass is 32.2. The molecule has 1 N–H and O–H groups in total. The van der Waals surface area contributed by atoms with Crippen molar-refractivity contribution in [2.75, 3.05) is 18.1 Å². The van der Waals surface area contributed by atoms with Gasteiger partial charge in [0.25, 0.3) is 5.91 Å². The van der Waals surface area contributed by atoms with Crippen molar-refractivity contribution in [3.8, 4) is 0 Å². The minimum Gasteiger partial charge on any atom is -0.454 e. The smallest absolute Gasteiger partial charge is 0.325 e. The number of rotatable bonds is 5. The van der Waals surface area contributed by atoms with Crippen LogP contribution in [0.4, 0.5) is 5.69 Å². The maximum absolute atomic E-state index is 13.3. The Morgan fingerprint density at radius 2 is 1.85 bits per heavy atom. The van der Waals surface area contributed by atoms with Gasteiger partial charge in [0.1, 0.15) is 6.04 Å². The summed E-state index contributed by atoms with van der Waals surface area (Å²) in [6.07, 6.45) is 0.586. The van der Waals surface area contributed by atoms with Crippen LogP contribution in [-0.4, -0.2) is 61.0 Å². The maximum Gasteiger partial charge on any atom is 0.325 e. The van der Waals surface area contributed by atoms with Gasteiger partial charge in [-0.15, -0.1) is 0 Å². The first-order chi connectivity index (χ1) is 16.1. The van der Waals surface area contributed by atoms with E-state index < -0.39 is 34.7 Å². The van der Waals surface area contributed by atoms with Gasteiger partial charge in [0.05, 0.1) is 11.0 Å². The monoisotopic (exact) mass is 486 g/mol. The Bertz CT molecular complexity index is 1210. The molecule has 9 heteroatoms. The average Bonchev–Trinajstić information content (AvgIpc) is 3.21. The molecule has 2 aromatic carbocycles. The number of esters is 1. The molecule has 8 nitrogen and oxygen atoms in total. The molecule has 0 saturated carbocycles. The van der Waals surface area contributed by atoms with Gasteiger partial charge in [0.2, 0.25) is 10.0 Å². The third kappa shape index (κ3) is 4.60. The van der Waals surface area contributed by atoms with Crippen molar-refractivity contribution in [1.82, 2.24) is 4.31 Å². The molecule has 2 aliphatic rings. The van der Waals surface area contributed by atoms with Gasteiger partial charge in [-0.25, -0.2) is 8.42 Å². The van der Waals surface area contributed by atoms with Gasteiger partial charge in [-0.3, -0.25) is 9.59 Å². The molecule has 0 bridgehead atoms. The molecule has 0 aromatic heterocycles. The van der Waals surface area contributed by atoms with Gasteiger partial charge in [-0.1, -0.05) is 24.3 Å². The standard InChI is InChI=1S/C25H30N2O6S/c1-16-8-11-21(12-17(16)2)34(31,32)26-14-20(28)13-23(26)25(30)33-15-24(29)27-18(3)9-10-19-6-4-5-7-22(19)27/h4-8,11-12,18,20,23,28H,9-10,13-15H2,1-3H3/t18?,20?,23-/m0/s1. The highest BCUT2D eigenvalue weighted by molar-refractivity contribution is 7.89. The fraction of sp³-hybridized carbons (Fsp3) is 0.440. The lowest BCUT2D eigenvalue weighted by atomic mass is 9.96. The van der Waals surface area contributed by atoms with Crippen LogP contribution in [0.5, 0.6) is 0 Å². The summed E-state index contributed by atoms with van der Waals surface area (Å²) < 4.78 is 32.8. The predicted molar refractivity (Wildman–Crippen MR) is 127 cm³/mol. The second-order valence-corrected chi connectivity index (χ2v) is 11.0. The first kappa shape index (κ1) is 24.4. The number of carbonyl (C=O) groups excluding carboxylic acids is 2. The zero-order valence-corrected chi connectivity index (χ0v) is 20.4. The van der Waals surface area contributed by atoms with E-state index in [2.05, 4.69) is 0 Å². The van der Waals surface area contributed by atoms with Crippen LogP contribution in [0, 0.1) is 13.8 Å². The van der Waals surface area contributed by atoms with Gasteiger partial charge in [-0.05, 0) is 68.5 Å². The maximum atomic E-state index is 13.3. The van der Waals surface area contributed by atoms with Crippen molar-refractivity contribution < 1.29 is 27.9 Å². The first-order valence-electron chi connectivity index (χ1n) is 11.4. The van der Waals surface area contributed by atoms with Crippen molar-refractivity contribution in [2.24, 2.45) is 0 Å². The zero-order chi connectivity index (χ0) is 24.6. The van der Waals surface area contributed by atoms with Crippen LogP contribution >= 0.6 is 0 Å². The number of fused-ring (bicyclic) bond motifs is 1. The van der Waals surface area contributed by atoms with Gasteiger partial charge in [-0.2, -0.15) is 4.31 Å². The van der Waals surface area contributed by atoms with Crippen molar-refractivity contribution >= 4 is 27.6 Å². The number of aliphatic hydroxyl groups excluding tert-OH is 1. The molecule has 34 heavy (non-hydrogen) atoms. The Kier molecular flexibility index (Phi) is 6.80. The molecule has 2 unspecified atom stereocenters. The summed E-state index contributed by atoms with van der Waals surface area (Å²) >= 11 is 0. The number of ether oxygens (including phenoxy) is 1. The highest BCUT2D eigenvalue weighted by Crippen LogP contribution is 2.31. The predicted octanol–water partition coefficient (Wildman–Crippen LogP) is 2.34. The van der Waals surface area contributed by atoms with E-state index >= 15 is 0 Å². The number of benzene rings is 2. The molecule has 1 saturated heterocycles. The van der Waals surface area contributed by atoms with Crippen LogP contribution in [0.15, 0.2) is 47.4 Å². The highest BCUT2D eigenvalue weighted by Gasteiger charge is 2.44. The van der Waals surface area contributed by atoms with E-state index in [0.717, 1.165) is 39.5 Å². The average molecular weight is 487 g/mol. The summed E-state index contributed by atoms with van der Waals surface area (Å²) in [4.78, 5) is 27.6. The normalized spacial score (nSPS) is 22.9. The van der Waals surface area contributed by atoms with E-state index in [4.69, 9.17) is 4.74 Å². The van der Waals surface area contributed by atoms with E-state index in [0.29, 0.717) is 0 Å². The quantitative estimate of drug-likeness (QED) is 0.651. The summed E-state index contributed by atoms with van der Waals surface area (Å²) in [5.41, 5.74) is 3.62. The number of para-hydroxylation sites is 1. The van der Waals surface area contributed by atoms with Crippen molar-refractivity contribution in [3.63, 3.8) is 0 Å². The lowest BCUT2D eigenvalue weighted by molar-refractivity contribution is -0.151. The van der Waals surface area contributed by atoms with Crippen LogP contribution in [0.2, 0.25) is 0 Å². The molecule has 2 aliphatic heterocycles. The molecular formula is C25H30N2O6S. The fourth-order valence-electron chi connectivity index (χ4n) is 4.64. The number of nitrogens with zero attached hydrogens (tertiary/aromatic N) is 2. The Hall–Kier alpha value is -2.75. The van der Waals surface area contributed by atoms with Crippen LogP contribution in [0.3, 0.4) is 0 Å². The Morgan fingerprint density at radius 1 is 1.12 bits per heavy atom. The van der Waals surface area contributed by atoms with E-state index in [9.17, 15) is 23.1 Å². The van der Waals surface area contributed by atoms with E-state index in [1.807, 2.05) is 45.0 Å². The van der Waals surface area contributed by atoms with Crippen LogP contribution in [-0.2, 0) is 30.8 Å². The molecular weight excluding hydrogens is 456 g/mol. The summed E-state index contributed by atoms with van der Waals surface area (Å²) in [5.74, 6) is -1.20. The van der Waals surface area contributed by atoms with Crippen molar-refractivity contribution in [3.05, 3.63) is 59.2 Å². The molecule has 2 aromatic rings. The third-order valence-corrected chi connectivity index (χ3v) is 8.59. The molecule has 0 spiro atoms. The molecule has 1 fully saturated rings. The van der Waals surface area contributed by atoms with E-state index in [1.165, 1.54) is 6.07 Å². The van der Waals surface area contributed by atoms with Gasteiger partial charge in [0.15, 0.2) is 6.61 Å². The molecule has 182 valence electrons. The molecule has 3 atom stereocenters. The van der Waals surface area contributed by atoms with E-state index in [1.54, 1.807) is 17.0 Å². The number of sulfonamides is 1. The van der Waals surface area contributed by atoms with Crippen LogP contribution in [0.25, 0.3) is 0 Å². The van der Waals surface area contributed by atoms with Crippen LogP contribution in [0.1, 0.15) is 36.5 Å². The first-order valence-corrected chi connectivity index (χ1v) is 12.9. The number of β-amino-alcohol motifs (C(OH)–C–C–N with tert-alkyl or cyclic N) is 1. The molecule has 2 heterocycles. The Morgan fingerprint density at radius 3 is 2.59 bits per heavy atom. The number of anilines is 1. The summed E-state index contributed by atoms with van der Waals surface area (Å²) in [7, 11) is -4.04. The second-order valence-electron chi connectivity index (χ2n) is 9.11. The SMILES string of the molecule is Cc1ccc(S(=O)(=O)N2CC(O)C[C@H]2C(=O)OCC(=O)N2c3ccccc3CCC2C)cc1C. The topological polar surface area (TPSA) is 104 Å². The van der Waals surface area contributed by atoms with Crippen LogP contribution < -0.4 is 4.90 Å². The third-order valence-electron chi connectivity index (χ3n) is 6.72. The molecule has 0 radical (unpaired) electrons. The number of aryl methyl sites for hydroxylation is 3. The summed E-state index contributed by atoms with van der Waals surface area (Å²) in [5, 5.41) is 10.2. The zero-order valence-electron chi connectivity index (χ0n) is 19.6. The minimum absolute atomic E-state index is 0.0453. The second kappa shape index (κ2) is 9.48. The minimum atomic E-state index is -4.04. The lowest BCUT2D eigenvalue weighted by Gasteiger charge is -2.35. The molecule has 4 rings (SSSR count). The van der Waals surface area contributed by atoms with Gasteiger partial charge in [0, 0.05) is 24.7 Å². The number of hydrogen-bond donors (Lipinski definition) is 1. The fourth-order valence-corrected chi connectivity index (χ4v) is 6.35. The summed E-state index contributed by atoms with van der Waals surface area (Å²) in [6, 6.07) is 11.1. The van der Waals surface area contributed by atoms with E-state index in [-0.39, 0.29) is 29.8 Å². The number of aliphatic hydroxyl groups is 1. The number of hydrogen-bond acceptors (Lipinski definition) is 6. The van der Waals surface area contributed by atoms with Gasteiger partial charge < -0.3 is 14.7 Å². The number of amides is 1.